The zero-order valence-electron chi connectivity index (χ0n) is 14.2. The molecule has 2 fully saturated rings. The molecule has 0 bridgehead atoms. The minimum absolute atomic E-state index is 0.122. The molecule has 8 heteroatoms. The van der Waals surface area contributed by atoms with Gasteiger partial charge >= 0.3 is 5.97 Å². The van der Waals surface area contributed by atoms with Crippen LogP contribution in [0.15, 0.2) is 28.8 Å². The van der Waals surface area contributed by atoms with E-state index in [0.717, 1.165) is 25.8 Å². The predicted octanol–water partition coefficient (Wildman–Crippen LogP) is 2.47. The number of ether oxygens (including phenoxy) is 1. The maximum Gasteiger partial charge on any atom is 0.311 e. The second-order valence-electron chi connectivity index (χ2n) is 7.07. The Balaban J connectivity index is 1.34. The van der Waals surface area contributed by atoms with E-state index in [0.29, 0.717) is 30.6 Å². The van der Waals surface area contributed by atoms with Gasteiger partial charge in [0.2, 0.25) is 11.7 Å². The van der Waals surface area contributed by atoms with Crippen LogP contribution in [0.4, 0.5) is 4.39 Å². The van der Waals surface area contributed by atoms with Gasteiger partial charge in [-0.15, -0.1) is 0 Å². The third-order valence-electron chi connectivity index (χ3n) is 5.42. The van der Waals surface area contributed by atoms with Crippen LogP contribution in [0.5, 0.6) is 5.75 Å². The molecule has 2 heterocycles. The monoisotopic (exact) mass is 361 g/mol. The number of aliphatic carboxylic acids is 1. The first kappa shape index (κ1) is 17.0. The van der Waals surface area contributed by atoms with E-state index in [1.807, 2.05) is 0 Å². The fourth-order valence-electron chi connectivity index (χ4n) is 4.15. The summed E-state index contributed by atoms with van der Waals surface area (Å²) in [4.78, 5) is 18.1. The van der Waals surface area contributed by atoms with Crippen LogP contribution in [0.25, 0.3) is 0 Å². The molecule has 138 valence electrons. The largest absolute Gasteiger partial charge is 0.485 e. The number of hydrogen-bond acceptors (Lipinski definition) is 6. The van der Waals surface area contributed by atoms with Crippen molar-refractivity contribution in [3.63, 3.8) is 0 Å². The molecule has 1 aliphatic carbocycles. The average molecular weight is 361 g/mol. The number of nitrogens with zero attached hydrogens (tertiary/aromatic N) is 3. The van der Waals surface area contributed by atoms with Gasteiger partial charge in [-0.05, 0) is 43.0 Å². The molecule has 7 nitrogen and oxygen atoms in total. The lowest BCUT2D eigenvalue weighted by Crippen LogP contribution is -2.35. The van der Waals surface area contributed by atoms with Crippen LogP contribution in [0.2, 0.25) is 0 Å². The van der Waals surface area contributed by atoms with E-state index in [4.69, 9.17) is 9.26 Å². The molecule has 0 unspecified atom stereocenters. The summed E-state index contributed by atoms with van der Waals surface area (Å²) < 4.78 is 23.6. The number of hydrogen-bond donors (Lipinski definition) is 1. The number of carboxylic acids is 1. The summed E-state index contributed by atoms with van der Waals surface area (Å²) in [5, 5.41) is 13.5. The maximum absolute atomic E-state index is 12.9. The topological polar surface area (TPSA) is 88.7 Å². The normalized spacial score (nSPS) is 25.3. The molecule has 2 aliphatic rings. The Morgan fingerprint density at radius 1 is 1.42 bits per heavy atom. The van der Waals surface area contributed by atoms with E-state index in [-0.39, 0.29) is 18.3 Å². The van der Waals surface area contributed by atoms with Crippen molar-refractivity contribution in [1.29, 1.82) is 0 Å². The first-order chi connectivity index (χ1) is 12.5. The van der Waals surface area contributed by atoms with Gasteiger partial charge in [-0.1, -0.05) is 11.6 Å². The van der Waals surface area contributed by atoms with Crippen molar-refractivity contribution >= 4 is 5.97 Å². The SMILES string of the molecule is O=C(O)[C@@]12CCC[C@H]1CN(Cc1nc(COc3ccc(F)cc3)no1)C2. The van der Waals surface area contributed by atoms with Crippen molar-refractivity contribution in [3.8, 4) is 5.75 Å². The van der Waals surface area contributed by atoms with Gasteiger partial charge < -0.3 is 14.4 Å². The molecular formula is C18H20FN3O4. The lowest BCUT2D eigenvalue weighted by atomic mass is 9.81. The standard InChI is InChI=1S/C18H20FN3O4/c19-13-3-5-14(6-4-13)25-10-15-20-16(26-21-15)9-22-8-12-2-1-7-18(12,11-22)17(23)24/h3-6,12H,1-2,7-11H2,(H,23,24)/t12-,18+/m0/s1. The average Bonchev–Trinajstić information content (AvgIpc) is 3.29. The number of rotatable bonds is 6. The van der Waals surface area contributed by atoms with E-state index in [9.17, 15) is 14.3 Å². The molecule has 1 aromatic heterocycles. The number of aromatic nitrogens is 2. The molecule has 0 amide bonds. The van der Waals surface area contributed by atoms with E-state index in [1.165, 1.54) is 24.3 Å². The first-order valence-corrected chi connectivity index (χ1v) is 8.71. The smallest absolute Gasteiger partial charge is 0.311 e. The second kappa shape index (κ2) is 6.68. The van der Waals surface area contributed by atoms with Crippen molar-refractivity contribution < 1.29 is 23.6 Å². The lowest BCUT2D eigenvalue weighted by molar-refractivity contribution is -0.149. The predicted molar refractivity (Wildman–Crippen MR) is 87.7 cm³/mol. The Kier molecular flexibility index (Phi) is 4.36. The van der Waals surface area contributed by atoms with Crippen LogP contribution in [0, 0.1) is 17.2 Å². The molecule has 1 saturated heterocycles. The van der Waals surface area contributed by atoms with E-state index >= 15 is 0 Å². The fraction of sp³-hybridized carbons (Fsp3) is 0.500. The van der Waals surface area contributed by atoms with Crippen LogP contribution >= 0.6 is 0 Å². The van der Waals surface area contributed by atoms with Crippen molar-refractivity contribution in [2.75, 3.05) is 13.1 Å². The van der Waals surface area contributed by atoms with Crippen LogP contribution in [0.1, 0.15) is 31.0 Å². The summed E-state index contributed by atoms with van der Waals surface area (Å²) in [6.45, 7) is 1.83. The summed E-state index contributed by atoms with van der Waals surface area (Å²) in [6, 6.07) is 5.70. The van der Waals surface area contributed by atoms with Crippen LogP contribution in [-0.4, -0.2) is 39.2 Å². The van der Waals surface area contributed by atoms with Gasteiger partial charge in [-0.3, -0.25) is 9.69 Å². The molecule has 0 spiro atoms. The van der Waals surface area contributed by atoms with Gasteiger partial charge in [-0.25, -0.2) is 4.39 Å². The van der Waals surface area contributed by atoms with Gasteiger partial charge in [0.25, 0.3) is 0 Å². The Morgan fingerprint density at radius 3 is 2.96 bits per heavy atom. The number of carboxylic acid groups (broad SMARTS) is 1. The lowest BCUT2D eigenvalue weighted by Gasteiger charge is -2.23. The Labute approximate surface area is 149 Å². The van der Waals surface area contributed by atoms with Crippen LogP contribution in [0.3, 0.4) is 0 Å². The van der Waals surface area contributed by atoms with Crippen LogP contribution < -0.4 is 4.74 Å². The van der Waals surface area contributed by atoms with Gasteiger partial charge in [0.05, 0.1) is 12.0 Å². The van der Waals surface area contributed by atoms with Gasteiger partial charge in [0.15, 0.2) is 6.61 Å². The summed E-state index contributed by atoms with van der Waals surface area (Å²) in [7, 11) is 0. The third-order valence-corrected chi connectivity index (χ3v) is 5.42. The minimum Gasteiger partial charge on any atom is -0.485 e. The molecule has 1 saturated carbocycles. The summed E-state index contributed by atoms with van der Waals surface area (Å²) in [5.41, 5.74) is -0.617. The molecule has 1 N–H and O–H groups in total. The molecule has 26 heavy (non-hydrogen) atoms. The Bertz CT molecular complexity index is 794. The zero-order chi connectivity index (χ0) is 18.1. The Morgan fingerprint density at radius 2 is 2.23 bits per heavy atom. The Hall–Kier alpha value is -2.48. The molecule has 0 radical (unpaired) electrons. The molecule has 4 rings (SSSR count). The molecule has 1 aliphatic heterocycles. The molecule has 1 aromatic carbocycles. The quantitative estimate of drug-likeness (QED) is 0.845. The van der Waals surface area contributed by atoms with Gasteiger partial charge in [-0.2, -0.15) is 4.98 Å². The van der Waals surface area contributed by atoms with Crippen molar-refractivity contribution in [1.82, 2.24) is 15.0 Å². The zero-order valence-corrected chi connectivity index (χ0v) is 14.2. The van der Waals surface area contributed by atoms with Gasteiger partial charge in [0.1, 0.15) is 11.6 Å². The number of halogens is 1. The van der Waals surface area contributed by atoms with Crippen molar-refractivity contribution in [2.24, 2.45) is 11.3 Å². The second-order valence-corrected chi connectivity index (χ2v) is 7.07. The third kappa shape index (κ3) is 3.16. The highest BCUT2D eigenvalue weighted by Crippen LogP contribution is 2.49. The molecule has 2 atom stereocenters. The van der Waals surface area contributed by atoms with E-state index in [1.54, 1.807) is 0 Å². The summed E-state index contributed by atoms with van der Waals surface area (Å²) in [6.07, 6.45) is 2.68. The first-order valence-electron chi connectivity index (χ1n) is 8.71. The van der Waals surface area contributed by atoms with E-state index < -0.39 is 11.4 Å². The number of carbonyl (C=O) groups is 1. The van der Waals surface area contributed by atoms with Crippen molar-refractivity contribution in [2.45, 2.75) is 32.4 Å². The van der Waals surface area contributed by atoms with Gasteiger partial charge in [0, 0.05) is 13.1 Å². The molecular weight excluding hydrogens is 341 g/mol. The summed E-state index contributed by atoms with van der Waals surface area (Å²) >= 11 is 0. The highest BCUT2D eigenvalue weighted by Gasteiger charge is 2.54. The molecule has 2 aromatic rings. The fourth-order valence-corrected chi connectivity index (χ4v) is 4.15. The van der Waals surface area contributed by atoms with Crippen molar-refractivity contribution in [3.05, 3.63) is 41.8 Å². The highest BCUT2D eigenvalue weighted by molar-refractivity contribution is 5.76. The van der Waals surface area contributed by atoms with Crippen LogP contribution in [-0.2, 0) is 17.9 Å². The summed E-state index contributed by atoms with van der Waals surface area (Å²) in [5.74, 6) is 0.549. The number of likely N-dealkylation sites (tertiary alicyclic amines) is 1. The number of benzene rings is 1. The minimum atomic E-state index is -0.693. The maximum atomic E-state index is 12.9. The highest BCUT2D eigenvalue weighted by atomic mass is 19.1. The number of fused-ring (bicyclic) bond motifs is 1. The van der Waals surface area contributed by atoms with E-state index in [2.05, 4.69) is 15.0 Å².